The number of carbonyl (C=O) groups is 1. The lowest BCUT2D eigenvalue weighted by molar-refractivity contribution is -0.121. The number of ether oxygens (including phenoxy) is 2. The molecule has 3 heterocycles. The van der Waals surface area contributed by atoms with Crippen molar-refractivity contribution >= 4 is 5.91 Å². The van der Waals surface area contributed by atoms with E-state index in [2.05, 4.69) is 20.4 Å². The number of amides is 1. The fourth-order valence-corrected chi connectivity index (χ4v) is 5.00. The first-order chi connectivity index (χ1) is 15.7. The molecule has 2 saturated heterocycles. The molecule has 174 valence electrons. The van der Waals surface area contributed by atoms with Crippen LogP contribution in [0.4, 0.5) is 0 Å². The van der Waals surface area contributed by atoms with Crippen molar-refractivity contribution in [1.29, 1.82) is 0 Å². The number of carbonyl (C=O) groups excluding carboxylic acids is 1. The van der Waals surface area contributed by atoms with Gasteiger partial charge in [-0.25, -0.2) is 0 Å². The van der Waals surface area contributed by atoms with Gasteiger partial charge >= 0.3 is 0 Å². The van der Waals surface area contributed by atoms with Crippen molar-refractivity contribution in [2.75, 3.05) is 33.9 Å². The highest BCUT2D eigenvalue weighted by atomic mass is 16.5. The van der Waals surface area contributed by atoms with Crippen LogP contribution < -0.4 is 14.8 Å². The van der Waals surface area contributed by atoms with Gasteiger partial charge in [-0.2, -0.15) is 4.98 Å². The molecule has 0 bridgehead atoms. The lowest BCUT2D eigenvalue weighted by atomic mass is 9.83. The molecule has 1 amide bonds. The molecule has 2 aliphatic heterocycles. The Labute approximate surface area is 189 Å². The number of hydrogen-bond donors (Lipinski definition) is 1. The van der Waals surface area contributed by atoms with E-state index in [1.807, 2.05) is 18.2 Å². The summed E-state index contributed by atoms with van der Waals surface area (Å²) in [6, 6.07) is 6.15. The van der Waals surface area contributed by atoms with E-state index in [1.165, 1.54) is 45.2 Å². The van der Waals surface area contributed by atoms with Crippen molar-refractivity contribution in [3.63, 3.8) is 0 Å². The third-order valence-electron chi connectivity index (χ3n) is 6.69. The van der Waals surface area contributed by atoms with E-state index in [9.17, 15) is 4.79 Å². The summed E-state index contributed by atoms with van der Waals surface area (Å²) in [5, 5.41) is 7.23. The second-order valence-electron chi connectivity index (χ2n) is 8.74. The minimum atomic E-state index is 0.109. The van der Waals surface area contributed by atoms with Crippen molar-refractivity contribution < 1.29 is 18.8 Å². The van der Waals surface area contributed by atoms with Gasteiger partial charge in [-0.1, -0.05) is 11.6 Å². The highest BCUT2D eigenvalue weighted by molar-refractivity contribution is 5.75. The molecule has 2 aromatic rings. The first-order valence-corrected chi connectivity index (χ1v) is 11.7. The third-order valence-corrected chi connectivity index (χ3v) is 6.69. The van der Waals surface area contributed by atoms with Crippen LogP contribution >= 0.6 is 0 Å². The van der Waals surface area contributed by atoms with Crippen LogP contribution in [0.3, 0.4) is 0 Å². The van der Waals surface area contributed by atoms with E-state index >= 15 is 0 Å². The Morgan fingerprint density at radius 3 is 2.84 bits per heavy atom. The van der Waals surface area contributed by atoms with Gasteiger partial charge in [0.25, 0.3) is 0 Å². The number of piperidine rings is 2. The van der Waals surface area contributed by atoms with Gasteiger partial charge in [0.05, 0.1) is 14.2 Å². The number of nitrogens with one attached hydrogen (secondary N) is 1. The number of methoxy groups -OCH3 is 2. The maximum absolute atomic E-state index is 12.4. The van der Waals surface area contributed by atoms with Gasteiger partial charge in [-0.15, -0.1) is 0 Å². The van der Waals surface area contributed by atoms with E-state index in [1.54, 1.807) is 14.2 Å². The van der Waals surface area contributed by atoms with E-state index in [4.69, 9.17) is 14.0 Å². The lowest BCUT2D eigenvalue weighted by Crippen LogP contribution is -2.50. The van der Waals surface area contributed by atoms with Crippen LogP contribution in [0.1, 0.15) is 50.8 Å². The Morgan fingerprint density at radius 1 is 1.16 bits per heavy atom. The summed E-state index contributed by atoms with van der Waals surface area (Å²) in [6.45, 7) is 3.25. The molecule has 0 aliphatic carbocycles. The average molecular weight is 443 g/mol. The zero-order valence-corrected chi connectivity index (χ0v) is 19.1. The minimum Gasteiger partial charge on any atom is -0.493 e. The Hall–Kier alpha value is -2.61. The van der Waals surface area contributed by atoms with Gasteiger partial charge in [0.2, 0.25) is 17.6 Å². The fourth-order valence-electron chi connectivity index (χ4n) is 5.00. The fraction of sp³-hybridized carbons (Fsp3) is 0.625. The second kappa shape index (κ2) is 10.8. The second-order valence-corrected chi connectivity index (χ2v) is 8.74. The molecule has 0 saturated carbocycles. The quantitative estimate of drug-likeness (QED) is 0.636. The van der Waals surface area contributed by atoms with Crippen molar-refractivity contribution in [3.05, 3.63) is 24.1 Å². The lowest BCUT2D eigenvalue weighted by Gasteiger charge is -2.44. The molecular formula is C24H34N4O4. The van der Waals surface area contributed by atoms with Gasteiger partial charge < -0.3 is 24.2 Å². The number of rotatable bonds is 9. The van der Waals surface area contributed by atoms with Crippen LogP contribution in [0.2, 0.25) is 0 Å². The Bertz CT molecular complexity index is 898. The van der Waals surface area contributed by atoms with Crippen LogP contribution in [0.15, 0.2) is 22.7 Å². The van der Waals surface area contributed by atoms with Gasteiger partial charge in [0.1, 0.15) is 0 Å². The number of fused-ring (bicyclic) bond motifs is 1. The maximum atomic E-state index is 12.4. The van der Waals surface area contributed by atoms with Crippen LogP contribution in [0.25, 0.3) is 11.4 Å². The van der Waals surface area contributed by atoms with E-state index in [-0.39, 0.29) is 5.91 Å². The summed E-state index contributed by atoms with van der Waals surface area (Å²) < 4.78 is 16.0. The van der Waals surface area contributed by atoms with E-state index in [0.717, 1.165) is 12.1 Å². The predicted octanol–water partition coefficient (Wildman–Crippen LogP) is 3.46. The van der Waals surface area contributed by atoms with E-state index < -0.39 is 0 Å². The predicted molar refractivity (Wildman–Crippen MR) is 121 cm³/mol. The summed E-state index contributed by atoms with van der Waals surface area (Å²) in [4.78, 5) is 19.5. The topological polar surface area (TPSA) is 89.7 Å². The third kappa shape index (κ3) is 5.41. The average Bonchev–Trinajstić information content (AvgIpc) is 3.31. The zero-order valence-electron chi connectivity index (χ0n) is 19.1. The minimum absolute atomic E-state index is 0.109. The number of aryl methyl sites for hydroxylation is 1. The molecule has 1 N–H and O–H groups in total. The molecular weight excluding hydrogens is 408 g/mol. The largest absolute Gasteiger partial charge is 0.493 e. The Morgan fingerprint density at radius 2 is 2.00 bits per heavy atom. The summed E-state index contributed by atoms with van der Waals surface area (Å²) >= 11 is 0. The molecule has 8 nitrogen and oxygen atoms in total. The molecule has 2 unspecified atom stereocenters. The first kappa shape index (κ1) is 22.6. The molecule has 0 radical (unpaired) electrons. The van der Waals surface area contributed by atoms with Crippen LogP contribution in [0.5, 0.6) is 11.5 Å². The van der Waals surface area contributed by atoms with Crippen LogP contribution in [-0.2, 0) is 11.2 Å². The summed E-state index contributed by atoms with van der Waals surface area (Å²) in [6.07, 6.45) is 8.11. The molecule has 32 heavy (non-hydrogen) atoms. The maximum Gasteiger partial charge on any atom is 0.226 e. The van der Waals surface area contributed by atoms with Crippen LogP contribution in [-0.4, -0.2) is 60.8 Å². The van der Waals surface area contributed by atoms with Gasteiger partial charge in [0.15, 0.2) is 11.5 Å². The van der Waals surface area contributed by atoms with Crippen molar-refractivity contribution in [1.82, 2.24) is 20.4 Å². The zero-order chi connectivity index (χ0) is 22.3. The Kier molecular flexibility index (Phi) is 7.63. The highest BCUT2D eigenvalue weighted by Crippen LogP contribution is 2.32. The van der Waals surface area contributed by atoms with Crippen molar-refractivity contribution in [2.45, 2.75) is 57.4 Å². The first-order valence-electron chi connectivity index (χ1n) is 11.7. The molecule has 2 fully saturated rings. The van der Waals surface area contributed by atoms with Crippen molar-refractivity contribution in [2.24, 2.45) is 5.92 Å². The molecule has 8 heteroatoms. The number of nitrogens with zero attached hydrogens (tertiary/aromatic N) is 3. The van der Waals surface area contributed by atoms with Gasteiger partial charge in [-0.05, 0) is 69.3 Å². The van der Waals surface area contributed by atoms with Gasteiger partial charge in [0, 0.05) is 31.0 Å². The number of aromatic nitrogens is 2. The number of benzene rings is 1. The Balaban J connectivity index is 1.22. The highest BCUT2D eigenvalue weighted by Gasteiger charge is 2.32. The van der Waals surface area contributed by atoms with Gasteiger partial charge in [-0.3, -0.25) is 4.79 Å². The molecule has 2 atom stereocenters. The molecule has 1 aromatic carbocycles. The van der Waals surface area contributed by atoms with Crippen molar-refractivity contribution in [3.8, 4) is 22.9 Å². The summed E-state index contributed by atoms with van der Waals surface area (Å²) in [5.41, 5.74) is 0.791. The van der Waals surface area contributed by atoms with E-state index in [0.29, 0.717) is 54.4 Å². The number of hydrogen-bond acceptors (Lipinski definition) is 7. The molecule has 4 rings (SSSR count). The van der Waals surface area contributed by atoms with Crippen LogP contribution in [0, 0.1) is 5.92 Å². The molecule has 2 aliphatic rings. The monoisotopic (exact) mass is 442 g/mol. The summed E-state index contributed by atoms with van der Waals surface area (Å²) in [7, 11) is 3.19. The summed E-state index contributed by atoms with van der Waals surface area (Å²) in [5.74, 6) is 3.00. The standard InChI is InChI=1S/C24H34N4O4/c1-30-20-12-11-17(15-21(20)31-2)24-26-23(32-27-24)10-5-9-22(29)25-16-18-7-6-14-28-13-4-3-8-19(18)28/h11-12,15,18-19H,3-10,13-14,16H2,1-2H3,(H,25,29). The normalized spacial score (nSPS) is 21.1. The molecule has 1 aromatic heterocycles. The SMILES string of the molecule is COc1ccc(-c2noc(CCCC(=O)NCC3CCCN4CCCCC34)n2)cc1OC. The smallest absolute Gasteiger partial charge is 0.226 e. The molecule has 0 spiro atoms.